The number of carbonyl (C=O) groups excluding carboxylic acids is 1. The van der Waals surface area contributed by atoms with Crippen LogP contribution < -0.4 is 9.47 Å². The number of nitro groups is 1. The Morgan fingerprint density at radius 3 is 2.53 bits per heavy atom. The van der Waals surface area contributed by atoms with Crippen molar-refractivity contribution in [3.8, 4) is 17.6 Å². The summed E-state index contributed by atoms with van der Waals surface area (Å²) < 4.78 is 11.8. The largest absolute Gasteiger partial charge is 0.490 e. The number of ether oxygens (including phenoxy) is 2. The summed E-state index contributed by atoms with van der Waals surface area (Å²) in [5.41, 5.74) is 1.30. The highest BCUT2D eigenvalue weighted by Crippen LogP contribution is 2.31. The van der Waals surface area contributed by atoms with Gasteiger partial charge in [0.25, 0.3) is 5.69 Å². The van der Waals surface area contributed by atoms with E-state index < -0.39 is 10.7 Å². The van der Waals surface area contributed by atoms with E-state index in [9.17, 15) is 20.2 Å². The van der Waals surface area contributed by atoms with E-state index in [1.165, 1.54) is 24.3 Å². The SMILES string of the molecule is CCOc1cc(/C=C(\C#N)C(=O)c2cccc([N+](=O)[O-])c2)ccc1OCc1cccc2ccccc12. The highest BCUT2D eigenvalue weighted by Gasteiger charge is 2.16. The predicted molar refractivity (Wildman–Crippen MR) is 137 cm³/mol. The molecule has 0 N–H and O–H groups in total. The number of hydrogen-bond acceptors (Lipinski definition) is 6. The molecule has 0 unspecified atom stereocenters. The van der Waals surface area contributed by atoms with Gasteiger partial charge in [-0.25, -0.2) is 0 Å². The normalized spacial score (nSPS) is 11.1. The van der Waals surface area contributed by atoms with Crippen LogP contribution in [0.15, 0.2) is 90.5 Å². The van der Waals surface area contributed by atoms with Crippen molar-refractivity contribution in [1.29, 1.82) is 5.26 Å². The second-order valence-electron chi connectivity index (χ2n) is 7.87. The molecule has 0 fully saturated rings. The molecule has 0 aliphatic carbocycles. The highest BCUT2D eigenvalue weighted by atomic mass is 16.6. The van der Waals surface area contributed by atoms with E-state index in [1.54, 1.807) is 18.2 Å². The number of nitrogens with zero attached hydrogens (tertiary/aromatic N) is 2. The van der Waals surface area contributed by atoms with Crippen molar-refractivity contribution in [1.82, 2.24) is 0 Å². The number of hydrogen-bond donors (Lipinski definition) is 0. The number of nitriles is 1. The maximum Gasteiger partial charge on any atom is 0.270 e. The Balaban J connectivity index is 1.59. The molecule has 0 aliphatic heterocycles. The van der Waals surface area contributed by atoms with Gasteiger partial charge < -0.3 is 9.47 Å². The summed E-state index contributed by atoms with van der Waals surface area (Å²) in [4.78, 5) is 23.3. The zero-order chi connectivity index (χ0) is 25.5. The molecule has 0 aliphatic rings. The Kier molecular flexibility index (Phi) is 7.37. The summed E-state index contributed by atoms with van der Waals surface area (Å²) >= 11 is 0. The van der Waals surface area contributed by atoms with Gasteiger partial charge in [-0.15, -0.1) is 0 Å². The molecule has 0 heterocycles. The molecule has 4 aromatic carbocycles. The fraction of sp³-hybridized carbons (Fsp3) is 0.103. The molecule has 0 saturated carbocycles. The number of Topliss-reactive ketones (excluding diaryl/α,β-unsaturated/α-hetero) is 1. The third-order valence-electron chi connectivity index (χ3n) is 5.53. The fourth-order valence-corrected chi connectivity index (χ4v) is 3.81. The van der Waals surface area contributed by atoms with Crippen LogP contribution in [-0.2, 0) is 6.61 Å². The number of fused-ring (bicyclic) bond motifs is 1. The number of allylic oxidation sites excluding steroid dienone is 1. The monoisotopic (exact) mass is 478 g/mol. The lowest BCUT2D eigenvalue weighted by Gasteiger charge is -2.14. The second-order valence-corrected chi connectivity index (χ2v) is 7.87. The van der Waals surface area contributed by atoms with Gasteiger partial charge in [0.15, 0.2) is 11.5 Å². The topological polar surface area (TPSA) is 102 Å². The van der Waals surface area contributed by atoms with Crippen molar-refractivity contribution < 1.29 is 19.2 Å². The Morgan fingerprint density at radius 2 is 1.75 bits per heavy atom. The van der Waals surface area contributed by atoms with Gasteiger partial charge in [0.05, 0.1) is 11.5 Å². The van der Waals surface area contributed by atoms with Crippen LogP contribution in [0.5, 0.6) is 11.5 Å². The Bertz CT molecular complexity index is 1510. The van der Waals surface area contributed by atoms with Crippen LogP contribution in [0.4, 0.5) is 5.69 Å². The Labute approximate surface area is 208 Å². The van der Waals surface area contributed by atoms with Gasteiger partial charge in [0.2, 0.25) is 5.78 Å². The molecule has 0 aromatic heterocycles. The molecule has 0 atom stereocenters. The minimum absolute atomic E-state index is 0.0667. The molecule has 0 amide bonds. The summed E-state index contributed by atoms with van der Waals surface area (Å²) in [5.74, 6) is 0.410. The van der Waals surface area contributed by atoms with E-state index in [4.69, 9.17) is 9.47 Å². The first-order valence-electron chi connectivity index (χ1n) is 11.3. The molecule has 0 radical (unpaired) electrons. The quantitative estimate of drug-likeness (QED) is 0.0892. The van der Waals surface area contributed by atoms with Crippen molar-refractivity contribution >= 4 is 28.3 Å². The van der Waals surface area contributed by atoms with Crippen molar-refractivity contribution in [2.75, 3.05) is 6.61 Å². The number of non-ortho nitro benzene ring substituents is 1. The van der Waals surface area contributed by atoms with E-state index in [-0.39, 0.29) is 16.8 Å². The zero-order valence-electron chi connectivity index (χ0n) is 19.5. The summed E-state index contributed by atoms with van der Waals surface area (Å²) in [7, 11) is 0. The first-order chi connectivity index (χ1) is 17.5. The third-order valence-corrected chi connectivity index (χ3v) is 5.53. The van der Waals surface area contributed by atoms with E-state index >= 15 is 0 Å². The number of nitro benzene ring substituents is 1. The summed E-state index contributed by atoms with van der Waals surface area (Å²) in [6.45, 7) is 2.59. The van der Waals surface area contributed by atoms with Gasteiger partial charge in [0, 0.05) is 17.7 Å². The van der Waals surface area contributed by atoms with E-state index in [0.717, 1.165) is 22.4 Å². The minimum atomic E-state index is -0.601. The molecule has 4 aromatic rings. The van der Waals surface area contributed by atoms with Gasteiger partial charge in [-0.2, -0.15) is 5.26 Å². The van der Waals surface area contributed by atoms with Gasteiger partial charge in [-0.1, -0.05) is 60.7 Å². The zero-order valence-corrected chi connectivity index (χ0v) is 19.5. The molecule has 0 bridgehead atoms. The van der Waals surface area contributed by atoms with Crippen molar-refractivity contribution in [3.63, 3.8) is 0 Å². The first-order valence-corrected chi connectivity index (χ1v) is 11.3. The molecule has 0 spiro atoms. The van der Waals surface area contributed by atoms with Crippen LogP contribution in [0.1, 0.15) is 28.4 Å². The van der Waals surface area contributed by atoms with Crippen molar-refractivity contribution in [3.05, 3.63) is 117 Å². The number of rotatable bonds is 9. The van der Waals surface area contributed by atoms with Crippen LogP contribution in [0.3, 0.4) is 0 Å². The van der Waals surface area contributed by atoms with Crippen LogP contribution in [-0.4, -0.2) is 17.3 Å². The second kappa shape index (κ2) is 11.0. The van der Waals surface area contributed by atoms with Crippen molar-refractivity contribution in [2.24, 2.45) is 0 Å². The van der Waals surface area contributed by atoms with E-state index in [0.29, 0.717) is 30.3 Å². The lowest BCUT2D eigenvalue weighted by Crippen LogP contribution is -2.03. The smallest absolute Gasteiger partial charge is 0.270 e. The van der Waals surface area contributed by atoms with Crippen LogP contribution in [0, 0.1) is 21.4 Å². The van der Waals surface area contributed by atoms with Gasteiger partial charge >= 0.3 is 0 Å². The third kappa shape index (κ3) is 5.40. The lowest BCUT2D eigenvalue weighted by molar-refractivity contribution is -0.384. The average molecular weight is 479 g/mol. The molecular weight excluding hydrogens is 456 g/mol. The molecule has 4 rings (SSSR count). The molecule has 178 valence electrons. The standard InChI is InChI=1S/C29H22N2O5/c1-2-35-28-16-20(15-24(18-30)29(32)22-9-6-11-25(17-22)31(33)34)13-14-27(28)36-19-23-10-5-8-21-7-3-4-12-26(21)23/h3-17H,2,19H2,1H3/b24-15+. The molecule has 0 saturated heterocycles. The summed E-state index contributed by atoms with van der Waals surface area (Å²) in [6.07, 6.45) is 1.43. The summed E-state index contributed by atoms with van der Waals surface area (Å²) in [6, 6.07) is 26.5. The van der Waals surface area contributed by atoms with Crippen LogP contribution in [0.25, 0.3) is 16.8 Å². The number of benzene rings is 4. The predicted octanol–water partition coefficient (Wildman–Crippen LogP) is 6.52. The van der Waals surface area contributed by atoms with E-state index in [2.05, 4.69) is 0 Å². The maximum atomic E-state index is 12.8. The summed E-state index contributed by atoms with van der Waals surface area (Å²) in [5, 5.41) is 22.9. The fourth-order valence-electron chi connectivity index (χ4n) is 3.81. The minimum Gasteiger partial charge on any atom is -0.490 e. The van der Waals surface area contributed by atoms with Gasteiger partial charge in [-0.3, -0.25) is 14.9 Å². The maximum absolute atomic E-state index is 12.8. The van der Waals surface area contributed by atoms with Gasteiger partial charge in [-0.05, 0) is 47.0 Å². The lowest BCUT2D eigenvalue weighted by atomic mass is 10.0. The highest BCUT2D eigenvalue weighted by molar-refractivity contribution is 6.14. The van der Waals surface area contributed by atoms with E-state index in [1.807, 2.05) is 55.5 Å². The van der Waals surface area contributed by atoms with Crippen LogP contribution in [0.2, 0.25) is 0 Å². The Hall–Kier alpha value is -4.96. The number of ketones is 1. The average Bonchev–Trinajstić information content (AvgIpc) is 2.91. The van der Waals surface area contributed by atoms with Crippen molar-refractivity contribution in [2.45, 2.75) is 13.5 Å². The molecule has 7 heteroatoms. The molecular formula is C29H22N2O5. The van der Waals surface area contributed by atoms with Crippen LogP contribution >= 0.6 is 0 Å². The first kappa shape index (κ1) is 24.2. The number of carbonyl (C=O) groups is 1. The van der Waals surface area contributed by atoms with Gasteiger partial charge in [0.1, 0.15) is 18.2 Å². The molecule has 7 nitrogen and oxygen atoms in total. The Morgan fingerprint density at radius 1 is 0.972 bits per heavy atom. The molecule has 36 heavy (non-hydrogen) atoms.